The van der Waals surface area contributed by atoms with Gasteiger partial charge in [0.2, 0.25) is 0 Å². The van der Waals surface area contributed by atoms with Gasteiger partial charge in [-0.2, -0.15) is 0 Å². The van der Waals surface area contributed by atoms with Gasteiger partial charge in [0, 0.05) is 8.90 Å². The van der Waals surface area contributed by atoms with Crippen molar-refractivity contribution in [2.75, 3.05) is 11.9 Å². The maximum Gasteiger partial charge on any atom is 0.119 e. The number of alkyl halides is 1. The van der Waals surface area contributed by atoms with E-state index in [2.05, 4.69) is 64.5 Å². The zero-order valence-corrected chi connectivity index (χ0v) is 11.5. The fourth-order valence-corrected chi connectivity index (χ4v) is 1.62. The average Bonchev–Trinajstić information content (AvgIpc) is 2.10. The van der Waals surface area contributed by atoms with E-state index in [1.54, 1.807) is 0 Å². The molecule has 0 amide bonds. The summed E-state index contributed by atoms with van der Waals surface area (Å²) in [7, 11) is 0. The highest BCUT2D eigenvalue weighted by molar-refractivity contribution is 14.1. The molecule has 0 atom stereocenters. The Labute approximate surface area is 101 Å². The molecule has 0 unspecified atom stereocenters. The van der Waals surface area contributed by atoms with Crippen molar-refractivity contribution in [3.63, 3.8) is 0 Å². The van der Waals surface area contributed by atoms with E-state index in [0.29, 0.717) is 0 Å². The van der Waals surface area contributed by atoms with Gasteiger partial charge in [0.1, 0.15) is 5.75 Å². The van der Waals surface area contributed by atoms with Crippen molar-refractivity contribution in [3.05, 3.63) is 26.8 Å². The summed E-state index contributed by atoms with van der Waals surface area (Å²) in [5, 5.41) is 0.872. The molecule has 0 aliphatic carbocycles. The highest BCUT2D eigenvalue weighted by Crippen LogP contribution is 2.23. The highest BCUT2D eigenvalue weighted by atomic mass is 127. The minimum absolute atomic E-state index is 0.722. The van der Waals surface area contributed by atoms with Crippen LogP contribution in [0.1, 0.15) is 11.1 Å². The maximum atomic E-state index is 5.52. The van der Waals surface area contributed by atoms with Gasteiger partial charge in [-0.05, 0) is 59.7 Å². The predicted molar refractivity (Wildman–Crippen MR) is 67.9 cm³/mol. The van der Waals surface area contributed by atoms with E-state index in [0.717, 1.165) is 17.7 Å². The Kier molecular flexibility index (Phi) is 4.52. The second-order valence-electron chi connectivity index (χ2n) is 2.91. The number of rotatable bonds is 3. The van der Waals surface area contributed by atoms with Crippen LogP contribution in [0, 0.1) is 17.4 Å². The topological polar surface area (TPSA) is 9.23 Å². The first kappa shape index (κ1) is 11.3. The summed E-state index contributed by atoms with van der Waals surface area (Å²) in [6.45, 7) is 4.94. The Hall–Kier alpha value is 0.230. The number of aryl methyl sites for hydroxylation is 2. The Morgan fingerprint density at radius 2 is 1.85 bits per heavy atom. The molecule has 0 heterocycles. The SMILES string of the molecule is Cc1cc(OCCBr)cc(C)c1I. The first-order chi connectivity index (χ1) is 6.15. The fourth-order valence-electron chi connectivity index (χ4n) is 1.15. The molecule has 72 valence electrons. The predicted octanol–water partition coefficient (Wildman–Crippen LogP) is 3.68. The van der Waals surface area contributed by atoms with Crippen LogP contribution in [0.25, 0.3) is 0 Å². The van der Waals surface area contributed by atoms with Gasteiger partial charge in [-0.25, -0.2) is 0 Å². The van der Waals surface area contributed by atoms with Gasteiger partial charge >= 0.3 is 0 Å². The molecule has 1 aromatic carbocycles. The van der Waals surface area contributed by atoms with Crippen LogP contribution >= 0.6 is 38.5 Å². The average molecular weight is 355 g/mol. The minimum atomic E-state index is 0.722. The second kappa shape index (κ2) is 5.20. The molecule has 13 heavy (non-hydrogen) atoms. The minimum Gasteiger partial charge on any atom is -0.493 e. The normalized spacial score (nSPS) is 10.2. The molecule has 0 aliphatic rings. The van der Waals surface area contributed by atoms with E-state index >= 15 is 0 Å². The Balaban J connectivity index is 2.86. The van der Waals surface area contributed by atoms with Crippen LogP contribution in [0.5, 0.6) is 5.75 Å². The van der Waals surface area contributed by atoms with E-state index in [9.17, 15) is 0 Å². The van der Waals surface area contributed by atoms with Gasteiger partial charge in [0.05, 0.1) is 6.61 Å². The van der Waals surface area contributed by atoms with Crippen LogP contribution in [0.4, 0.5) is 0 Å². The molecule has 1 aromatic rings. The summed E-state index contributed by atoms with van der Waals surface area (Å²) < 4.78 is 6.84. The van der Waals surface area contributed by atoms with Gasteiger partial charge in [0.25, 0.3) is 0 Å². The number of hydrogen-bond donors (Lipinski definition) is 0. The van der Waals surface area contributed by atoms with Gasteiger partial charge < -0.3 is 4.74 Å². The summed E-state index contributed by atoms with van der Waals surface area (Å²) in [6, 6.07) is 4.16. The molecular weight excluding hydrogens is 343 g/mol. The van der Waals surface area contributed by atoms with Crippen LogP contribution < -0.4 is 4.74 Å². The molecule has 0 saturated heterocycles. The van der Waals surface area contributed by atoms with Crippen LogP contribution in [0.3, 0.4) is 0 Å². The summed E-state index contributed by atoms with van der Waals surface area (Å²) in [5.41, 5.74) is 2.57. The summed E-state index contributed by atoms with van der Waals surface area (Å²) >= 11 is 5.69. The van der Waals surface area contributed by atoms with Crippen LogP contribution in [0.2, 0.25) is 0 Å². The molecule has 3 heteroatoms. The highest BCUT2D eigenvalue weighted by Gasteiger charge is 2.02. The number of ether oxygens (including phenoxy) is 1. The maximum absolute atomic E-state index is 5.52. The van der Waals surface area contributed by atoms with E-state index in [-0.39, 0.29) is 0 Å². The van der Waals surface area contributed by atoms with Gasteiger partial charge in [-0.3, -0.25) is 0 Å². The first-order valence-corrected chi connectivity index (χ1v) is 6.30. The van der Waals surface area contributed by atoms with E-state index < -0.39 is 0 Å². The van der Waals surface area contributed by atoms with E-state index in [4.69, 9.17) is 4.74 Å². The summed E-state index contributed by atoms with van der Waals surface area (Å²) in [6.07, 6.45) is 0. The molecule has 0 spiro atoms. The molecule has 0 N–H and O–H groups in total. The van der Waals surface area contributed by atoms with Crippen molar-refractivity contribution in [2.45, 2.75) is 13.8 Å². The molecular formula is C10H12BrIO. The van der Waals surface area contributed by atoms with Crippen molar-refractivity contribution in [3.8, 4) is 5.75 Å². The largest absolute Gasteiger partial charge is 0.493 e. The lowest BCUT2D eigenvalue weighted by atomic mass is 10.1. The molecule has 0 fully saturated rings. The lowest BCUT2D eigenvalue weighted by Crippen LogP contribution is -1.99. The van der Waals surface area contributed by atoms with Crippen molar-refractivity contribution in [2.24, 2.45) is 0 Å². The van der Waals surface area contributed by atoms with Crippen molar-refractivity contribution in [1.29, 1.82) is 0 Å². The molecule has 0 aromatic heterocycles. The van der Waals surface area contributed by atoms with E-state index in [1.807, 2.05) is 0 Å². The quantitative estimate of drug-likeness (QED) is 0.594. The zero-order chi connectivity index (χ0) is 9.84. The number of hydrogen-bond acceptors (Lipinski definition) is 1. The Morgan fingerprint density at radius 1 is 1.31 bits per heavy atom. The molecule has 0 radical (unpaired) electrons. The lowest BCUT2D eigenvalue weighted by molar-refractivity contribution is 0.344. The third-order valence-corrected chi connectivity index (χ3v) is 3.78. The Bertz CT molecular complexity index is 276. The molecule has 0 saturated carbocycles. The molecule has 1 nitrogen and oxygen atoms in total. The monoisotopic (exact) mass is 354 g/mol. The number of benzene rings is 1. The fraction of sp³-hybridized carbons (Fsp3) is 0.400. The lowest BCUT2D eigenvalue weighted by Gasteiger charge is -2.08. The molecule has 0 aliphatic heterocycles. The summed E-state index contributed by atoms with van der Waals surface area (Å²) in [5.74, 6) is 0.967. The van der Waals surface area contributed by atoms with Gasteiger partial charge in [0.15, 0.2) is 0 Å². The second-order valence-corrected chi connectivity index (χ2v) is 4.78. The van der Waals surface area contributed by atoms with Crippen LogP contribution in [-0.2, 0) is 0 Å². The van der Waals surface area contributed by atoms with Crippen molar-refractivity contribution < 1.29 is 4.74 Å². The standard InChI is InChI=1S/C10H12BrIO/c1-7-5-9(13-4-3-11)6-8(2)10(7)12/h5-6H,3-4H2,1-2H3. The molecule has 1 rings (SSSR count). The third-order valence-electron chi connectivity index (χ3n) is 1.76. The third kappa shape index (κ3) is 3.13. The smallest absolute Gasteiger partial charge is 0.119 e. The van der Waals surface area contributed by atoms with Gasteiger partial charge in [-0.15, -0.1) is 0 Å². The van der Waals surface area contributed by atoms with Crippen molar-refractivity contribution in [1.82, 2.24) is 0 Å². The molecule has 0 bridgehead atoms. The van der Waals surface area contributed by atoms with Crippen LogP contribution in [0.15, 0.2) is 12.1 Å². The first-order valence-electron chi connectivity index (χ1n) is 4.10. The van der Waals surface area contributed by atoms with E-state index in [1.165, 1.54) is 14.7 Å². The Morgan fingerprint density at radius 3 is 2.31 bits per heavy atom. The van der Waals surface area contributed by atoms with Crippen LogP contribution in [-0.4, -0.2) is 11.9 Å². The van der Waals surface area contributed by atoms with Gasteiger partial charge in [-0.1, -0.05) is 15.9 Å². The summed E-state index contributed by atoms with van der Waals surface area (Å²) in [4.78, 5) is 0. The van der Waals surface area contributed by atoms with Crippen molar-refractivity contribution >= 4 is 38.5 Å². The number of halogens is 2. The zero-order valence-electron chi connectivity index (χ0n) is 7.73.